The molecular formula is C28H28N2O3. The van der Waals surface area contributed by atoms with E-state index in [9.17, 15) is 9.59 Å². The van der Waals surface area contributed by atoms with E-state index in [-0.39, 0.29) is 17.5 Å². The van der Waals surface area contributed by atoms with Gasteiger partial charge in [0.15, 0.2) is 0 Å². The number of hydrogen-bond donors (Lipinski definition) is 1. The molecule has 0 unspecified atom stereocenters. The summed E-state index contributed by atoms with van der Waals surface area (Å²) in [5.74, 6) is 0.0264. The number of anilines is 2. The largest absolute Gasteiger partial charge is 0.494 e. The summed E-state index contributed by atoms with van der Waals surface area (Å²) in [6.45, 7) is 8.53. The van der Waals surface area contributed by atoms with Gasteiger partial charge in [-0.3, -0.25) is 9.59 Å². The summed E-state index contributed by atoms with van der Waals surface area (Å²) in [6, 6.07) is 20.8. The molecule has 33 heavy (non-hydrogen) atoms. The number of nitrogens with zero attached hydrogens (tertiary/aromatic N) is 1. The highest BCUT2D eigenvalue weighted by Gasteiger charge is 2.40. The Labute approximate surface area is 194 Å². The summed E-state index contributed by atoms with van der Waals surface area (Å²) in [7, 11) is 0. The highest BCUT2D eigenvalue weighted by atomic mass is 16.5. The highest BCUT2D eigenvalue weighted by Crippen LogP contribution is 2.36. The maximum absolute atomic E-state index is 13.7. The molecule has 5 nitrogen and oxygen atoms in total. The van der Waals surface area contributed by atoms with Crippen LogP contribution in [0.4, 0.5) is 11.4 Å². The van der Waals surface area contributed by atoms with Crippen LogP contribution in [0.2, 0.25) is 0 Å². The SMILES string of the molecule is CCCOc1ccc(C2=C(Nc3ccc(C)cc3)C(=O)N(c3cc(C)ccc3C)C2=O)cc1. The third-order valence-electron chi connectivity index (χ3n) is 5.63. The summed E-state index contributed by atoms with van der Waals surface area (Å²) >= 11 is 0. The summed E-state index contributed by atoms with van der Waals surface area (Å²) < 4.78 is 5.68. The first-order valence-electron chi connectivity index (χ1n) is 11.2. The third kappa shape index (κ3) is 4.53. The minimum atomic E-state index is -0.365. The first-order chi connectivity index (χ1) is 15.9. The Balaban J connectivity index is 1.78. The maximum atomic E-state index is 13.7. The molecule has 2 amide bonds. The average Bonchev–Trinajstić information content (AvgIpc) is 3.05. The van der Waals surface area contributed by atoms with Gasteiger partial charge >= 0.3 is 0 Å². The van der Waals surface area contributed by atoms with Gasteiger partial charge in [0.1, 0.15) is 11.4 Å². The van der Waals surface area contributed by atoms with Crippen molar-refractivity contribution in [1.29, 1.82) is 0 Å². The second-order valence-corrected chi connectivity index (χ2v) is 8.35. The minimum absolute atomic E-state index is 0.270. The molecule has 1 aliphatic rings. The molecule has 1 heterocycles. The lowest BCUT2D eigenvalue weighted by molar-refractivity contribution is -0.120. The summed E-state index contributed by atoms with van der Waals surface area (Å²) in [6.07, 6.45) is 0.912. The lowest BCUT2D eigenvalue weighted by Gasteiger charge is -2.18. The smallest absolute Gasteiger partial charge is 0.282 e. The topological polar surface area (TPSA) is 58.6 Å². The molecule has 0 atom stereocenters. The Morgan fingerprint density at radius 1 is 0.818 bits per heavy atom. The first-order valence-corrected chi connectivity index (χ1v) is 11.2. The number of ether oxygens (including phenoxy) is 1. The van der Waals surface area contributed by atoms with E-state index < -0.39 is 0 Å². The van der Waals surface area contributed by atoms with Gasteiger partial charge in [-0.1, -0.05) is 48.9 Å². The van der Waals surface area contributed by atoms with Crippen molar-refractivity contribution in [1.82, 2.24) is 0 Å². The van der Waals surface area contributed by atoms with Gasteiger partial charge in [-0.05, 0) is 74.2 Å². The molecule has 168 valence electrons. The second kappa shape index (κ2) is 9.33. The van der Waals surface area contributed by atoms with Crippen LogP contribution in [0.1, 0.15) is 35.6 Å². The van der Waals surface area contributed by atoms with Crippen molar-refractivity contribution >= 4 is 28.8 Å². The molecule has 0 bridgehead atoms. The lowest BCUT2D eigenvalue weighted by atomic mass is 10.0. The monoisotopic (exact) mass is 440 g/mol. The fourth-order valence-electron chi connectivity index (χ4n) is 3.81. The standard InChI is InChI=1S/C28H28N2O3/c1-5-16-33-23-14-10-21(11-15-23)25-26(29-22-12-7-18(2)8-13-22)28(32)30(27(25)31)24-17-19(3)6-9-20(24)4/h6-15,17,29H,5,16H2,1-4H3. The van der Waals surface area contributed by atoms with Gasteiger partial charge in [-0.25, -0.2) is 4.90 Å². The number of hydrogen-bond acceptors (Lipinski definition) is 4. The number of nitrogens with one attached hydrogen (secondary N) is 1. The van der Waals surface area contributed by atoms with Gasteiger partial charge in [0.2, 0.25) is 0 Å². The minimum Gasteiger partial charge on any atom is -0.494 e. The molecule has 3 aromatic rings. The fourth-order valence-corrected chi connectivity index (χ4v) is 3.81. The lowest BCUT2D eigenvalue weighted by Crippen LogP contribution is -2.33. The molecule has 0 spiro atoms. The van der Waals surface area contributed by atoms with E-state index >= 15 is 0 Å². The molecule has 0 aromatic heterocycles. The molecule has 0 fully saturated rings. The quantitative estimate of drug-likeness (QED) is 0.472. The van der Waals surface area contributed by atoms with E-state index in [1.165, 1.54) is 4.90 Å². The van der Waals surface area contributed by atoms with Crippen LogP contribution in [0.15, 0.2) is 72.4 Å². The van der Waals surface area contributed by atoms with Crippen LogP contribution >= 0.6 is 0 Å². The molecule has 0 saturated carbocycles. The number of carbonyl (C=O) groups excluding carboxylic acids is 2. The molecular weight excluding hydrogens is 412 g/mol. The number of rotatable bonds is 7. The first kappa shape index (κ1) is 22.3. The summed E-state index contributed by atoms with van der Waals surface area (Å²) in [5, 5.41) is 3.22. The van der Waals surface area contributed by atoms with Crippen LogP contribution in [-0.2, 0) is 9.59 Å². The Morgan fingerprint density at radius 2 is 1.48 bits per heavy atom. The summed E-state index contributed by atoms with van der Waals surface area (Å²) in [4.78, 5) is 28.5. The van der Waals surface area contributed by atoms with Gasteiger partial charge in [-0.2, -0.15) is 0 Å². The van der Waals surface area contributed by atoms with Crippen molar-refractivity contribution in [3.8, 4) is 5.75 Å². The normalized spacial score (nSPS) is 13.6. The zero-order valence-electron chi connectivity index (χ0n) is 19.4. The van der Waals surface area contributed by atoms with Crippen LogP contribution in [0, 0.1) is 20.8 Å². The number of benzene rings is 3. The van der Waals surface area contributed by atoms with Crippen molar-refractivity contribution in [2.75, 3.05) is 16.8 Å². The number of carbonyl (C=O) groups is 2. The number of amides is 2. The van der Waals surface area contributed by atoms with Crippen molar-refractivity contribution in [2.45, 2.75) is 34.1 Å². The second-order valence-electron chi connectivity index (χ2n) is 8.35. The van der Waals surface area contributed by atoms with Crippen molar-refractivity contribution in [2.24, 2.45) is 0 Å². The van der Waals surface area contributed by atoms with Crippen molar-refractivity contribution in [3.05, 3.63) is 94.7 Å². The van der Waals surface area contributed by atoms with E-state index in [1.807, 2.05) is 94.4 Å². The Kier molecular flexibility index (Phi) is 6.31. The Morgan fingerprint density at radius 3 is 2.15 bits per heavy atom. The fraction of sp³-hybridized carbons (Fsp3) is 0.214. The van der Waals surface area contributed by atoms with Crippen LogP contribution in [0.25, 0.3) is 5.57 Å². The third-order valence-corrected chi connectivity index (χ3v) is 5.63. The van der Waals surface area contributed by atoms with Crippen molar-refractivity contribution < 1.29 is 14.3 Å². The molecule has 0 radical (unpaired) electrons. The number of imide groups is 1. The van der Waals surface area contributed by atoms with E-state index in [2.05, 4.69) is 5.32 Å². The zero-order chi connectivity index (χ0) is 23.5. The van der Waals surface area contributed by atoms with Crippen LogP contribution < -0.4 is 15.0 Å². The average molecular weight is 441 g/mol. The van der Waals surface area contributed by atoms with Crippen LogP contribution in [-0.4, -0.2) is 18.4 Å². The Bertz CT molecular complexity index is 1230. The van der Waals surface area contributed by atoms with Gasteiger partial charge < -0.3 is 10.1 Å². The molecule has 5 heteroatoms. The van der Waals surface area contributed by atoms with E-state index in [1.54, 1.807) is 0 Å². The summed E-state index contributed by atoms with van der Waals surface area (Å²) in [5.41, 5.74) is 5.60. The van der Waals surface area contributed by atoms with Crippen LogP contribution in [0.3, 0.4) is 0 Å². The highest BCUT2D eigenvalue weighted by molar-refractivity contribution is 6.46. The van der Waals surface area contributed by atoms with Gasteiger partial charge in [0, 0.05) is 5.69 Å². The molecule has 1 N–H and O–H groups in total. The van der Waals surface area contributed by atoms with E-state index in [4.69, 9.17) is 4.74 Å². The predicted molar refractivity (Wildman–Crippen MR) is 132 cm³/mol. The zero-order valence-corrected chi connectivity index (χ0v) is 19.4. The van der Waals surface area contributed by atoms with Gasteiger partial charge in [-0.15, -0.1) is 0 Å². The predicted octanol–water partition coefficient (Wildman–Crippen LogP) is 5.80. The van der Waals surface area contributed by atoms with E-state index in [0.29, 0.717) is 23.4 Å². The molecule has 1 aliphatic heterocycles. The number of aryl methyl sites for hydroxylation is 3. The molecule has 0 aliphatic carbocycles. The van der Waals surface area contributed by atoms with Gasteiger partial charge in [0.05, 0.1) is 17.9 Å². The molecule has 3 aromatic carbocycles. The van der Waals surface area contributed by atoms with Gasteiger partial charge in [0.25, 0.3) is 11.8 Å². The maximum Gasteiger partial charge on any atom is 0.282 e. The van der Waals surface area contributed by atoms with Crippen molar-refractivity contribution in [3.63, 3.8) is 0 Å². The van der Waals surface area contributed by atoms with Crippen LogP contribution in [0.5, 0.6) is 5.75 Å². The molecule has 4 rings (SSSR count). The van der Waals surface area contributed by atoms with E-state index in [0.717, 1.165) is 34.5 Å². The molecule has 0 saturated heterocycles. The Hall–Kier alpha value is -3.86.